The topological polar surface area (TPSA) is 163 Å². The van der Waals surface area contributed by atoms with Crippen LogP contribution in [0.25, 0.3) is 0 Å². The van der Waals surface area contributed by atoms with Crippen molar-refractivity contribution in [3.63, 3.8) is 0 Å². The number of rotatable bonds is 10. The number of benzene rings is 2. The van der Waals surface area contributed by atoms with E-state index in [2.05, 4.69) is 0 Å². The van der Waals surface area contributed by atoms with E-state index >= 15 is 0 Å². The highest BCUT2D eigenvalue weighted by molar-refractivity contribution is 6.07. The molecule has 1 aliphatic heterocycles. The smallest absolute Gasteiger partial charge is 0.342 e. The predicted molar refractivity (Wildman–Crippen MR) is 148 cm³/mol. The number of phenols is 1. The standard InChI is InChI=1S/C29H36N4O7/c1-7-39-24-10-18-13-33(27(31)20(18)11-21(24)28(38)40-15-25(30)36)14-23(35)17-8-19(12-32(6)16(2)34)26(37)22(9-17)29(3,4)5/h8-11,31,37H,7,12-15H2,1-6H3,(H2,30,36). The number of amidine groups is 1. The van der Waals surface area contributed by atoms with Gasteiger partial charge in [0.05, 0.1) is 13.2 Å². The van der Waals surface area contributed by atoms with Crippen LogP contribution in [0.3, 0.4) is 0 Å². The number of Topliss-reactive ketones (excluding diaryl/α,β-unsaturated/α-hetero) is 1. The van der Waals surface area contributed by atoms with Crippen LogP contribution < -0.4 is 10.5 Å². The zero-order valence-electron chi connectivity index (χ0n) is 23.7. The molecule has 0 aromatic heterocycles. The Morgan fingerprint density at radius 3 is 2.40 bits per heavy atom. The number of carbonyl (C=O) groups excluding carboxylic acids is 4. The SMILES string of the molecule is CCOc1cc2c(cc1C(=O)OCC(N)=O)C(=N)N(CC(=O)c1cc(CN(C)C(C)=O)c(O)c(C(C)(C)C)c1)C2. The maximum absolute atomic E-state index is 13.5. The summed E-state index contributed by atoms with van der Waals surface area (Å²) in [6.45, 7) is 8.86. The van der Waals surface area contributed by atoms with Crippen molar-refractivity contribution in [1.82, 2.24) is 9.80 Å². The van der Waals surface area contributed by atoms with Gasteiger partial charge in [-0.1, -0.05) is 20.8 Å². The average molecular weight is 553 g/mol. The van der Waals surface area contributed by atoms with E-state index in [9.17, 15) is 24.3 Å². The van der Waals surface area contributed by atoms with Gasteiger partial charge in [-0.25, -0.2) is 4.79 Å². The molecule has 0 aliphatic carbocycles. The second-order valence-electron chi connectivity index (χ2n) is 10.8. The minimum atomic E-state index is -0.811. The number of aromatic hydroxyl groups is 1. The second-order valence-corrected chi connectivity index (χ2v) is 10.8. The number of hydrogen-bond donors (Lipinski definition) is 3. The van der Waals surface area contributed by atoms with Crippen LogP contribution in [0.15, 0.2) is 24.3 Å². The van der Waals surface area contributed by atoms with E-state index in [0.717, 1.165) is 0 Å². The molecule has 4 N–H and O–H groups in total. The van der Waals surface area contributed by atoms with Gasteiger partial charge in [0.2, 0.25) is 5.91 Å². The van der Waals surface area contributed by atoms with Crippen LogP contribution in [0.4, 0.5) is 0 Å². The first kappa shape index (κ1) is 30.1. The summed E-state index contributed by atoms with van der Waals surface area (Å²) < 4.78 is 10.6. The molecule has 0 saturated carbocycles. The molecule has 214 valence electrons. The predicted octanol–water partition coefficient (Wildman–Crippen LogP) is 2.73. The molecule has 11 heteroatoms. The van der Waals surface area contributed by atoms with Crippen molar-refractivity contribution >= 4 is 29.4 Å². The Labute approximate surface area is 233 Å². The largest absolute Gasteiger partial charge is 0.507 e. The van der Waals surface area contributed by atoms with Gasteiger partial charge in [-0.15, -0.1) is 0 Å². The molecule has 1 heterocycles. The second kappa shape index (κ2) is 11.8. The fourth-order valence-corrected chi connectivity index (χ4v) is 4.39. The van der Waals surface area contributed by atoms with Crippen LogP contribution in [0.5, 0.6) is 11.5 Å². The van der Waals surface area contributed by atoms with Crippen LogP contribution in [-0.4, -0.2) is 71.1 Å². The lowest BCUT2D eigenvalue weighted by Gasteiger charge is -2.25. The van der Waals surface area contributed by atoms with E-state index in [4.69, 9.17) is 20.6 Å². The molecule has 0 radical (unpaired) electrons. The molecule has 3 rings (SSSR count). The Balaban J connectivity index is 1.91. The molecule has 2 aromatic rings. The number of hydrogen-bond acceptors (Lipinski definition) is 8. The molecule has 2 aromatic carbocycles. The van der Waals surface area contributed by atoms with Gasteiger partial charge in [0, 0.05) is 49.3 Å². The van der Waals surface area contributed by atoms with E-state index in [1.54, 1.807) is 37.1 Å². The lowest BCUT2D eigenvalue weighted by molar-refractivity contribution is -0.128. The van der Waals surface area contributed by atoms with Gasteiger partial charge in [-0.2, -0.15) is 0 Å². The summed E-state index contributed by atoms with van der Waals surface area (Å²) >= 11 is 0. The molecular formula is C29H36N4O7. The maximum atomic E-state index is 13.5. The van der Waals surface area contributed by atoms with Crippen molar-refractivity contribution < 1.29 is 33.8 Å². The monoisotopic (exact) mass is 552 g/mol. The summed E-state index contributed by atoms with van der Waals surface area (Å²) in [7, 11) is 1.62. The first-order valence-electron chi connectivity index (χ1n) is 12.8. The van der Waals surface area contributed by atoms with Crippen LogP contribution in [0, 0.1) is 5.41 Å². The van der Waals surface area contributed by atoms with Gasteiger partial charge in [-0.3, -0.25) is 19.8 Å². The Bertz CT molecular complexity index is 1380. The molecule has 40 heavy (non-hydrogen) atoms. The van der Waals surface area contributed by atoms with Gasteiger partial charge in [0.1, 0.15) is 22.9 Å². The van der Waals surface area contributed by atoms with E-state index in [-0.39, 0.29) is 60.8 Å². The number of nitrogens with two attached hydrogens (primary N) is 1. The molecular weight excluding hydrogens is 516 g/mol. The number of phenolic OH excluding ortho intramolecular Hbond substituents is 1. The summed E-state index contributed by atoms with van der Waals surface area (Å²) in [5.74, 6) is -1.75. The zero-order chi connectivity index (χ0) is 29.9. The van der Waals surface area contributed by atoms with Crippen molar-refractivity contribution in [2.24, 2.45) is 5.73 Å². The summed E-state index contributed by atoms with van der Waals surface area (Å²) in [5, 5.41) is 19.6. The number of carbonyl (C=O) groups is 4. The third kappa shape index (κ3) is 6.59. The normalized spacial score (nSPS) is 12.7. The number of nitrogens with zero attached hydrogens (tertiary/aromatic N) is 2. The van der Waals surface area contributed by atoms with E-state index in [1.807, 2.05) is 20.8 Å². The fourth-order valence-electron chi connectivity index (χ4n) is 4.39. The van der Waals surface area contributed by atoms with Gasteiger partial charge in [0.25, 0.3) is 5.91 Å². The highest BCUT2D eigenvalue weighted by Crippen LogP contribution is 2.36. The molecule has 0 bridgehead atoms. The fraction of sp³-hybridized carbons (Fsp3) is 0.414. The van der Waals surface area contributed by atoms with Crippen LogP contribution >= 0.6 is 0 Å². The third-order valence-electron chi connectivity index (χ3n) is 6.60. The number of nitrogens with one attached hydrogen (secondary N) is 1. The number of ketones is 1. The Morgan fingerprint density at radius 2 is 1.82 bits per heavy atom. The molecule has 1 aliphatic rings. The average Bonchev–Trinajstić information content (AvgIpc) is 3.16. The Kier molecular flexibility index (Phi) is 8.87. The highest BCUT2D eigenvalue weighted by Gasteiger charge is 2.31. The van der Waals surface area contributed by atoms with Crippen molar-refractivity contribution in [1.29, 1.82) is 5.41 Å². The van der Waals surface area contributed by atoms with Crippen LogP contribution in [0.1, 0.15) is 77.6 Å². The quantitative estimate of drug-likeness (QED) is 0.299. The molecule has 0 fully saturated rings. The van der Waals surface area contributed by atoms with Gasteiger partial charge in [-0.05, 0) is 42.2 Å². The van der Waals surface area contributed by atoms with Crippen molar-refractivity contribution in [2.45, 2.75) is 53.1 Å². The Hall–Kier alpha value is -4.41. The summed E-state index contributed by atoms with van der Waals surface area (Å²) in [5.41, 5.74) is 7.16. The van der Waals surface area contributed by atoms with Gasteiger partial charge < -0.3 is 30.1 Å². The van der Waals surface area contributed by atoms with E-state index in [0.29, 0.717) is 27.8 Å². The molecule has 0 spiro atoms. The molecule has 2 amide bonds. The molecule has 11 nitrogen and oxygen atoms in total. The van der Waals surface area contributed by atoms with Crippen molar-refractivity contribution in [3.8, 4) is 11.5 Å². The van der Waals surface area contributed by atoms with E-state index in [1.165, 1.54) is 17.9 Å². The Morgan fingerprint density at radius 1 is 1.15 bits per heavy atom. The zero-order valence-corrected chi connectivity index (χ0v) is 23.7. The molecule has 0 unspecified atom stereocenters. The van der Waals surface area contributed by atoms with Crippen molar-refractivity contribution in [2.75, 3.05) is 26.8 Å². The third-order valence-corrected chi connectivity index (χ3v) is 6.60. The van der Waals surface area contributed by atoms with Gasteiger partial charge in [0.15, 0.2) is 12.4 Å². The lowest BCUT2D eigenvalue weighted by atomic mass is 9.83. The summed E-state index contributed by atoms with van der Waals surface area (Å²) in [4.78, 5) is 52.0. The minimum Gasteiger partial charge on any atom is -0.507 e. The highest BCUT2D eigenvalue weighted by atomic mass is 16.5. The first-order chi connectivity index (χ1) is 18.6. The lowest BCUT2D eigenvalue weighted by Crippen LogP contribution is -2.30. The molecule has 0 atom stereocenters. The number of ether oxygens (including phenoxy) is 2. The van der Waals surface area contributed by atoms with Gasteiger partial charge >= 0.3 is 5.97 Å². The number of primary amides is 1. The van der Waals surface area contributed by atoms with Crippen molar-refractivity contribution in [3.05, 3.63) is 57.6 Å². The first-order valence-corrected chi connectivity index (χ1v) is 12.8. The van der Waals surface area contributed by atoms with Crippen LogP contribution in [0.2, 0.25) is 0 Å². The van der Waals surface area contributed by atoms with Crippen LogP contribution in [-0.2, 0) is 32.8 Å². The number of amides is 2. The summed E-state index contributed by atoms with van der Waals surface area (Å²) in [6.07, 6.45) is 0. The maximum Gasteiger partial charge on any atom is 0.342 e. The molecule has 0 saturated heterocycles. The number of esters is 1. The number of fused-ring (bicyclic) bond motifs is 1. The van der Waals surface area contributed by atoms with E-state index < -0.39 is 23.9 Å². The summed E-state index contributed by atoms with van der Waals surface area (Å²) in [6, 6.07) is 6.33. The minimum absolute atomic E-state index is 0.0395.